The van der Waals surface area contributed by atoms with Crippen LogP contribution in [0.3, 0.4) is 0 Å². The monoisotopic (exact) mass is 258 g/mol. The zero-order chi connectivity index (χ0) is 13.7. The molecule has 102 valence electrons. The lowest BCUT2D eigenvalue weighted by Crippen LogP contribution is -2.39. The summed E-state index contributed by atoms with van der Waals surface area (Å²) < 4.78 is 0. The van der Waals surface area contributed by atoms with E-state index in [2.05, 4.69) is 11.0 Å². The molecule has 1 saturated carbocycles. The fraction of sp³-hybridized carbons (Fsp3) is 0.562. The van der Waals surface area contributed by atoms with Crippen LogP contribution >= 0.6 is 0 Å². The first-order valence-electron chi connectivity index (χ1n) is 7.15. The molecule has 1 aliphatic carbocycles. The number of rotatable bonds is 4. The van der Waals surface area contributed by atoms with Gasteiger partial charge < -0.3 is 10.0 Å². The molecule has 0 saturated heterocycles. The molecule has 0 bridgehead atoms. The molecule has 2 rings (SSSR count). The van der Waals surface area contributed by atoms with Crippen molar-refractivity contribution in [2.75, 3.05) is 18.1 Å². The fourth-order valence-electron chi connectivity index (χ4n) is 3.11. The predicted octanol–water partition coefficient (Wildman–Crippen LogP) is 3.00. The van der Waals surface area contributed by atoms with Gasteiger partial charge in [-0.2, -0.15) is 5.26 Å². The lowest BCUT2D eigenvalue weighted by Gasteiger charge is -2.37. The maximum Gasteiger partial charge on any atom is 0.101 e. The Morgan fingerprint density at radius 2 is 2.05 bits per heavy atom. The molecule has 0 aliphatic heterocycles. The number of para-hydroxylation sites is 1. The lowest BCUT2D eigenvalue weighted by molar-refractivity contribution is 0.290. The van der Waals surface area contributed by atoms with Crippen molar-refractivity contribution in [1.82, 2.24) is 0 Å². The number of aliphatic hydroxyl groups is 1. The number of aliphatic hydroxyl groups excluding tert-OH is 1. The Morgan fingerprint density at radius 3 is 2.68 bits per heavy atom. The van der Waals surface area contributed by atoms with Crippen LogP contribution in [0, 0.1) is 18.3 Å². The van der Waals surface area contributed by atoms with Gasteiger partial charge in [-0.15, -0.1) is 0 Å². The van der Waals surface area contributed by atoms with E-state index in [9.17, 15) is 10.4 Å². The minimum absolute atomic E-state index is 0.135. The van der Waals surface area contributed by atoms with Crippen LogP contribution in [0.1, 0.15) is 43.2 Å². The van der Waals surface area contributed by atoms with E-state index >= 15 is 0 Å². The van der Waals surface area contributed by atoms with Crippen LogP contribution in [-0.2, 0) is 0 Å². The number of benzene rings is 1. The predicted molar refractivity (Wildman–Crippen MR) is 77.2 cm³/mol. The largest absolute Gasteiger partial charge is 0.395 e. The molecular formula is C16H22N2O. The van der Waals surface area contributed by atoms with E-state index in [0.717, 1.165) is 16.8 Å². The maximum absolute atomic E-state index is 9.36. The summed E-state index contributed by atoms with van der Waals surface area (Å²) in [6.07, 6.45) is 6.14. The van der Waals surface area contributed by atoms with Crippen LogP contribution < -0.4 is 4.90 Å². The maximum atomic E-state index is 9.36. The summed E-state index contributed by atoms with van der Waals surface area (Å²) in [7, 11) is 0. The molecule has 3 nitrogen and oxygen atoms in total. The molecule has 0 spiro atoms. The van der Waals surface area contributed by atoms with E-state index in [1.165, 1.54) is 32.1 Å². The standard InChI is InChI=1S/C16H22N2O/c1-13-6-5-7-14(12-17)16(13)18(10-11-19)15-8-3-2-4-9-15/h5-7,15,19H,2-4,8-11H2,1H3. The molecule has 0 radical (unpaired) electrons. The molecule has 0 aromatic heterocycles. The van der Waals surface area contributed by atoms with Gasteiger partial charge in [-0.1, -0.05) is 31.4 Å². The van der Waals surface area contributed by atoms with Gasteiger partial charge in [0, 0.05) is 12.6 Å². The molecule has 0 atom stereocenters. The van der Waals surface area contributed by atoms with E-state index in [1.807, 2.05) is 25.1 Å². The molecule has 1 aromatic carbocycles. The smallest absolute Gasteiger partial charge is 0.101 e. The highest BCUT2D eigenvalue weighted by Gasteiger charge is 2.24. The van der Waals surface area contributed by atoms with Crippen LogP contribution in [-0.4, -0.2) is 24.3 Å². The molecule has 1 aliphatic rings. The van der Waals surface area contributed by atoms with Crippen LogP contribution in [0.25, 0.3) is 0 Å². The average Bonchev–Trinajstić information content (AvgIpc) is 2.46. The van der Waals surface area contributed by atoms with Gasteiger partial charge in [0.2, 0.25) is 0 Å². The van der Waals surface area contributed by atoms with Crippen LogP contribution in [0.15, 0.2) is 18.2 Å². The zero-order valence-electron chi connectivity index (χ0n) is 11.6. The van der Waals surface area contributed by atoms with E-state index in [1.54, 1.807) is 0 Å². The highest BCUT2D eigenvalue weighted by atomic mass is 16.3. The Labute approximate surface area is 115 Å². The van der Waals surface area contributed by atoms with Gasteiger partial charge in [0.15, 0.2) is 0 Å². The third-order valence-corrected chi connectivity index (χ3v) is 4.00. The zero-order valence-corrected chi connectivity index (χ0v) is 11.6. The Hall–Kier alpha value is -1.53. The summed E-state index contributed by atoms with van der Waals surface area (Å²) in [5.41, 5.74) is 2.86. The molecule has 0 unspecified atom stereocenters. The second-order valence-corrected chi connectivity index (χ2v) is 5.29. The molecule has 1 N–H and O–H groups in total. The first-order valence-corrected chi connectivity index (χ1v) is 7.15. The number of nitriles is 1. The first kappa shape index (κ1) is 13.9. The fourth-order valence-corrected chi connectivity index (χ4v) is 3.11. The quantitative estimate of drug-likeness (QED) is 0.903. The third kappa shape index (κ3) is 3.08. The molecule has 19 heavy (non-hydrogen) atoms. The highest BCUT2D eigenvalue weighted by Crippen LogP contribution is 2.31. The number of hydrogen-bond donors (Lipinski definition) is 1. The second-order valence-electron chi connectivity index (χ2n) is 5.29. The molecule has 1 aromatic rings. The second kappa shape index (κ2) is 6.58. The highest BCUT2D eigenvalue weighted by molar-refractivity contribution is 5.64. The lowest BCUT2D eigenvalue weighted by atomic mass is 9.92. The van der Waals surface area contributed by atoms with Crippen LogP contribution in [0.4, 0.5) is 5.69 Å². The number of hydrogen-bond acceptors (Lipinski definition) is 3. The van der Waals surface area contributed by atoms with Gasteiger partial charge in [0.1, 0.15) is 6.07 Å². The number of nitrogens with zero attached hydrogens (tertiary/aromatic N) is 2. The van der Waals surface area contributed by atoms with Gasteiger partial charge in [-0.25, -0.2) is 0 Å². The number of aryl methyl sites for hydroxylation is 1. The van der Waals surface area contributed by atoms with Crippen molar-refractivity contribution < 1.29 is 5.11 Å². The van der Waals surface area contributed by atoms with Crippen LogP contribution in [0.5, 0.6) is 0 Å². The van der Waals surface area contributed by atoms with E-state index in [4.69, 9.17) is 0 Å². The Kier molecular flexibility index (Phi) is 4.81. The van der Waals surface area contributed by atoms with Gasteiger partial charge in [-0.05, 0) is 31.4 Å². The van der Waals surface area contributed by atoms with Crippen molar-refractivity contribution in [2.45, 2.75) is 45.1 Å². The first-order chi connectivity index (χ1) is 9.27. The SMILES string of the molecule is Cc1cccc(C#N)c1N(CCO)C1CCCCC1. The van der Waals surface area contributed by atoms with Crippen molar-refractivity contribution in [3.63, 3.8) is 0 Å². The summed E-state index contributed by atoms with van der Waals surface area (Å²) in [6.45, 7) is 2.79. The summed E-state index contributed by atoms with van der Waals surface area (Å²) >= 11 is 0. The van der Waals surface area contributed by atoms with E-state index in [-0.39, 0.29) is 6.61 Å². The average molecular weight is 258 g/mol. The molecule has 3 heteroatoms. The van der Waals surface area contributed by atoms with Gasteiger partial charge >= 0.3 is 0 Å². The van der Waals surface area contributed by atoms with Gasteiger partial charge in [-0.3, -0.25) is 0 Å². The topological polar surface area (TPSA) is 47.3 Å². The van der Waals surface area contributed by atoms with Crippen LogP contribution in [0.2, 0.25) is 0 Å². The molecule has 0 heterocycles. The Balaban J connectivity index is 2.35. The van der Waals surface area contributed by atoms with Crippen molar-refractivity contribution in [3.05, 3.63) is 29.3 Å². The molecule has 0 amide bonds. The van der Waals surface area contributed by atoms with E-state index in [0.29, 0.717) is 12.6 Å². The third-order valence-electron chi connectivity index (χ3n) is 4.00. The minimum Gasteiger partial charge on any atom is -0.395 e. The normalized spacial score (nSPS) is 16.1. The molecular weight excluding hydrogens is 236 g/mol. The van der Waals surface area contributed by atoms with Crippen molar-refractivity contribution in [1.29, 1.82) is 5.26 Å². The Bertz CT molecular complexity index is 458. The summed E-state index contributed by atoms with van der Waals surface area (Å²) in [6, 6.07) is 8.60. The van der Waals surface area contributed by atoms with Crippen molar-refractivity contribution >= 4 is 5.69 Å². The van der Waals surface area contributed by atoms with E-state index < -0.39 is 0 Å². The van der Waals surface area contributed by atoms with Gasteiger partial charge in [0.05, 0.1) is 17.9 Å². The summed E-state index contributed by atoms with van der Waals surface area (Å²) in [4.78, 5) is 2.26. The van der Waals surface area contributed by atoms with Gasteiger partial charge in [0.25, 0.3) is 0 Å². The van der Waals surface area contributed by atoms with Crippen molar-refractivity contribution in [3.8, 4) is 6.07 Å². The molecule has 1 fully saturated rings. The minimum atomic E-state index is 0.135. The Morgan fingerprint density at radius 1 is 1.32 bits per heavy atom. The summed E-state index contributed by atoms with van der Waals surface area (Å²) in [5.74, 6) is 0. The summed E-state index contributed by atoms with van der Waals surface area (Å²) in [5, 5.41) is 18.7. The van der Waals surface area contributed by atoms with Crippen molar-refractivity contribution in [2.24, 2.45) is 0 Å². The number of anilines is 1.